The maximum absolute atomic E-state index is 11.8. The minimum Gasteiger partial charge on any atom is -0.466 e. The molecule has 0 fully saturated rings. The Morgan fingerprint density at radius 2 is 2.12 bits per heavy atom. The monoisotopic (exact) mass is 363 g/mol. The summed E-state index contributed by atoms with van der Waals surface area (Å²) in [6.07, 6.45) is 0.760. The quantitative estimate of drug-likeness (QED) is 0.309. The number of pyridine rings is 1. The first-order chi connectivity index (χ1) is 11.9. The van der Waals surface area contributed by atoms with E-state index < -0.39 is 0 Å². The lowest BCUT2D eigenvalue weighted by Crippen LogP contribution is -2.26. The largest absolute Gasteiger partial charge is 0.466 e. The first kappa shape index (κ1) is 20.6. The van der Waals surface area contributed by atoms with E-state index in [0.717, 1.165) is 11.8 Å². The second kappa shape index (κ2) is 10.5. The molecule has 0 saturated heterocycles. The average molecular weight is 363 g/mol. The molecule has 1 aromatic heterocycles. The van der Waals surface area contributed by atoms with Crippen molar-refractivity contribution in [3.63, 3.8) is 0 Å². The highest BCUT2D eigenvalue weighted by Crippen LogP contribution is 2.22. The number of amides is 1. The van der Waals surface area contributed by atoms with Crippen LogP contribution < -0.4 is 5.32 Å². The van der Waals surface area contributed by atoms with E-state index in [2.05, 4.69) is 10.3 Å². The van der Waals surface area contributed by atoms with Crippen molar-refractivity contribution in [2.45, 2.75) is 38.6 Å². The molecule has 134 valence electrons. The van der Waals surface area contributed by atoms with Gasteiger partial charge in [0.2, 0.25) is 5.91 Å². The predicted molar refractivity (Wildman–Crippen MR) is 93.3 cm³/mol. The third kappa shape index (κ3) is 6.93. The van der Waals surface area contributed by atoms with Gasteiger partial charge >= 0.3 is 5.97 Å². The van der Waals surface area contributed by atoms with Crippen LogP contribution in [0.25, 0.3) is 0 Å². The van der Waals surface area contributed by atoms with Crippen LogP contribution in [0.2, 0.25) is 0 Å². The summed E-state index contributed by atoms with van der Waals surface area (Å²) in [4.78, 5) is 38.8. The number of thioether (sulfide) groups is 1. The number of carbonyl (C=O) groups is 3. The lowest BCUT2D eigenvalue weighted by atomic mass is 10.1. The molecule has 0 radical (unpaired) electrons. The van der Waals surface area contributed by atoms with E-state index in [1.807, 2.05) is 6.07 Å². The third-order valence-corrected chi connectivity index (χ3v) is 4.19. The maximum Gasteiger partial charge on any atom is 0.305 e. The van der Waals surface area contributed by atoms with Crippen LogP contribution >= 0.6 is 11.8 Å². The molecule has 0 unspecified atom stereocenters. The lowest BCUT2D eigenvalue weighted by molar-refractivity contribution is -0.143. The molecular weight excluding hydrogens is 342 g/mol. The number of ether oxygens (including phenoxy) is 1. The highest BCUT2D eigenvalue weighted by Gasteiger charge is 2.14. The molecule has 1 aromatic rings. The summed E-state index contributed by atoms with van der Waals surface area (Å²) in [6, 6.07) is 3.50. The smallest absolute Gasteiger partial charge is 0.305 e. The zero-order valence-corrected chi connectivity index (χ0v) is 15.4. The molecule has 1 N–H and O–H groups in total. The van der Waals surface area contributed by atoms with Gasteiger partial charge in [-0.25, -0.2) is 4.98 Å². The summed E-state index contributed by atoms with van der Waals surface area (Å²) < 4.78 is 4.80. The Balaban J connectivity index is 2.51. The summed E-state index contributed by atoms with van der Waals surface area (Å²) in [6.45, 7) is 5.57. The molecule has 0 aliphatic carbocycles. The van der Waals surface area contributed by atoms with Crippen molar-refractivity contribution < 1.29 is 19.1 Å². The Morgan fingerprint density at radius 1 is 1.40 bits per heavy atom. The van der Waals surface area contributed by atoms with Gasteiger partial charge in [-0.05, 0) is 33.3 Å². The Labute approximate surface area is 151 Å². The van der Waals surface area contributed by atoms with Crippen LogP contribution in [-0.4, -0.2) is 41.5 Å². The van der Waals surface area contributed by atoms with Gasteiger partial charge in [0.15, 0.2) is 5.78 Å². The number of esters is 1. The zero-order chi connectivity index (χ0) is 18.8. The van der Waals surface area contributed by atoms with Crippen LogP contribution in [0.15, 0.2) is 11.1 Å². The predicted octanol–water partition coefficient (Wildman–Crippen LogP) is 2.02. The SMILES string of the molecule is CCOC(=O)CCCNC(=O)CSc1nc(C)c(C(C)=O)cc1C#N. The molecule has 0 aliphatic heterocycles. The second-order valence-electron chi connectivity index (χ2n) is 5.19. The Kier molecular flexibility index (Phi) is 8.64. The second-order valence-corrected chi connectivity index (χ2v) is 6.15. The standard InChI is InChI=1S/C17H21N3O4S/c1-4-24-16(23)6-5-7-19-15(22)10-25-17-13(9-18)8-14(12(3)21)11(2)20-17/h8H,4-7,10H2,1-3H3,(H,19,22). The number of Topliss-reactive ketones (excluding diaryl/α,β-unsaturated/α-hetero) is 1. The number of carbonyl (C=O) groups excluding carboxylic acids is 3. The third-order valence-electron chi connectivity index (χ3n) is 3.20. The van der Waals surface area contributed by atoms with Crippen molar-refractivity contribution in [1.82, 2.24) is 10.3 Å². The van der Waals surface area contributed by atoms with Crippen molar-refractivity contribution in [3.05, 3.63) is 22.9 Å². The number of nitrogens with zero attached hydrogens (tertiary/aromatic N) is 2. The summed E-state index contributed by atoms with van der Waals surface area (Å²) in [7, 11) is 0. The Hall–Kier alpha value is -2.40. The van der Waals surface area contributed by atoms with Crippen molar-refractivity contribution in [2.24, 2.45) is 0 Å². The van der Waals surface area contributed by atoms with E-state index >= 15 is 0 Å². The van der Waals surface area contributed by atoms with Crippen LogP contribution in [0.3, 0.4) is 0 Å². The van der Waals surface area contributed by atoms with E-state index in [0.29, 0.717) is 35.9 Å². The molecule has 0 atom stereocenters. The molecular formula is C17H21N3O4S. The van der Waals surface area contributed by atoms with Crippen molar-refractivity contribution in [1.29, 1.82) is 5.26 Å². The molecule has 1 heterocycles. The first-order valence-corrected chi connectivity index (χ1v) is 8.85. The van der Waals surface area contributed by atoms with E-state index in [4.69, 9.17) is 4.74 Å². The van der Waals surface area contributed by atoms with Crippen LogP contribution in [-0.2, 0) is 14.3 Å². The zero-order valence-electron chi connectivity index (χ0n) is 14.5. The number of hydrogen-bond acceptors (Lipinski definition) is 7. The fraction of sp³-hybridized carbons (Fsp3) is 0.471. The van der Waals surface area contributed by atoms with Gasteiger partial charge in [-0.15, -0.1) is 0 Å². The van der Waals surface area contributed by atoms with Gasteiger partial charge in [0.25, 0.3) is 0 Å². The topological polar surface area (TPSA) is 109 Å². The van der Waals surface area contributed by atoms with E-state index in [-0.39, 0.29) is 35.4 Å². The minimum absolute atomic E-state index is 0.0972. The van der Waals surface area contributed by atoms with E-state index in [1.54, 1.807) is 13.8 Å². The molecule has 0 spiro atoms. The van der Waals surface area contributed by atoms with Gasteiger partial charge < -0.3 is 10.1 Å². The summed E-state index contributed by atoms with van der Waals surface area (Å²) in [5.41, 5.74) is 1.21. The average Bonchev–Trinajstić information content (AvgIpc) is 2.56. The van der Waals surface area contributed by atoms with Crippen molar-refractivity contribution in [2.75, 3.05) is 18.9 Å². The van der Waals surface area contributed by atoms with Gasteiger partial charge in [0.05, 0.1) is 17.9 Å². The number of hydrogen-bond donors (Lipinski definition) is 1. The van der Waals surface area contributed by atoms with Crippen LogP contribution in [0.5, 0.6) is 0 Å². The molecule has 0 aromatic carbocycles. The number of aryl methyl sites for hydroxylation is 1. The minimum atomic E-state index is -0.282. The maximum atomic E-state index is 11.8. The number of rotatable bonds is 9. The fourth-order valence-electron chi connectivity index (χ4n) is 2.01. The normalized spacial score (nSPS) is 10.0. The molecule has 0 saturated carbocycles. The highest BCUT2D eigenvalue weighted by molar-refractivity contribution is 8.00. The number of nitriles is 1. The molecule has 1 amide bonds. The summed E-state index contributed by atoms with van der Waals surface area (Å²) in [5, 5.41) is 12.3. The molecule has 0 bridgehead atoms. The van der Waals surface area contributed by atoms with Gasteiger partial charge in [0.1, 0.15) is 11.1 Å². The number of nitrogens with one attached hydrogen (secondary N) is 1. The molecule has 7 nitrogen and oxygen atoms in total. The molecule has 8 heteroatoms. The lowest BCUT2D eigenvalue weighted by Gasteiger charge is -2.08. The van der Waals surface area contributed by atoms with E-state index in [1.165, 1.54) is 13.0 Å². The number of aromatic nitrogens is 1. The van der Waals surface area contributed by atoms with E-state index in [9.17, 15) is 19.6 Å². The highest BCUT2D eigenvalue weighted by atomic mass is 32.2. The van der Waals surface area contributed by atoms with Crippen molar-refractivity contribution >= 4 is 29.4 Å². The molecule has 1 rings (SSSR count). The van der Waals surface area contributed by atoms with Gasteiger partial charge in [-0.3, -0.25) is 14.4 Å². The molecule has 25 heavy (non-hydrogen) atoms. The van der Waals surface area contributed by atoms with Crippen LogP contribution in [0, 0.1) is 18.3 Å². The summed E-state index contributed by atoms with van der Waals surface area (Å²) in [5.74, 6) is -0.555. The fourth-order valence-corrected chi connectivity index (χ4v) is 2.84. The Morgan fingerprint density at radius 3 is 2.72 bits per heavy atom. The van der Waals surface area contributed by atoms with Crippen LogP contribution in [0.4, 0.5) is 0 Å². The number of ketones is 1. The first-order valence-electron chi connectivity index (χ1n) is 7.86. The van der Waals surface area contributed by atoms with Gasteiger partial charge in [-0.2, -0.15) is 5.26 Å². The molecule has 0 aliphatic rings. The van der Waals surface area contributed by atoms with Crippen molar-refractivity contribution in [3.8, 4) is 6.07 Å². The summed E-state index contributed by atoms with van der Waals surface area (Å²) >= 11 is 1.14. The Bertz CT molecular complexity index is 698. The van der Waals surface area contributed by atoms with Crippen LogP contribution in [0.1, 0.15) is 48.3 Å². The van der Waals surface area contributed by atoms with Gasteiger partial charge in [0, 0.05) is 24.2 Å². The van der Waals surface area contributed by atoms with Gasteiger partial charge in [-0.1, -0.05) is 11.8 Å².